The van der Waals surface area contributed by atoms with E-state index >= 15 is 0 Å². The van der Waals surface area contributed by atoms with Crippen molar-refractivity contribution >= 4 is 33.6 Å². The average Bonchev–Trinajstić information content (AvgIpc) is 3.37. The molecule has 7 heteroatoms. The van der Waals surface area contributed by atoms with Gasteiger partial charge in [0.1, 0.15) is 11.2 Å². The molecular weight excluding hydrogens is 416 g/mol. The Balaban J connectivity index is 1.42. The molecule has 0 aliphatic carbocycles. The van der Waals surface area contributed by atoms with Crippen LogP contribution in [0.4, 0.5) is 5.82 Å². The lowest BCUT2D eigenvalue weighted by atomic mass is 10.1. The van der Waals surface area contributed by atoms with E-state index < -0.39 is 0 Å². The van der Waals surface area contributed by atoms with E-state index in [4.69, 9.17) is 5.10 Å². The molecule has 0 aliphatic rings. The molecule has 5 rings (SSSR count). The maximum Gasteiger partial charge on any atom is 0.159 e. The van der Waals surface area contributed by atoms with E-state index in [0.29, 0.717) is 5.82 Å². The van der Waals surface area contributed by atoms with Crippen molar-refractivity contribution in [3.05, 3.63) is 94.9 Å². The first-order valence-electron chi connectivity index (χ1n) is 10.4. The molecule has 1 N–H and O–H groups in total. The number of benzene rings is 2. The van der Waals surface area contributed by atoms with Crippen molar-refractivity contribution in [1.29, 1.82) is 0 Å². The third-order valence-electron chi connectivity index (χ3n) is 5.43. The molecule has 5 aromatic rings. The van der Waals surface area contributed by atoms with Gasteiger partial charge < -0.3 is 0 Å². The second-order valence-corrected chi connectivity index (χ2v) is 8.37. The lowest BCUT2D eigenvalue weighted by molar-refractivity contribution is 0.659. The summed E-state index contributed by atoms with van der Waals surface area (Å²) in [5, 5.41) is 12.3. The highest BCUT2D eigenvalue weighted by atomic mass is 32.1. The number of hydrogen-bond donors (Lipinski definition) is 1. The molecule has 6 nitrogen and oxygen atoms in total. The van der Waals surface area contributed by atoms with Crippen LogP contribution in [0.3, 0.4) is 0 Å². The highest BCUT2D eigenvalue weighted by Gasteiger charge is 2.13. The van der Waals surface area contributed by atoms with Gasteiger partial charge in [0, 0.05) is 22.2 Å². The second-order valence-electron chi connectivity index (χ2n) is 7.52. The summed E-state index contributed by atoms with van der Waals surface area (Å²) in [5.74, 6) is 0.693. The van der Waals surface area contributed by atoms with Gasteiger partial charge in [0.2, 0.25) is 0 Å². The van der Waals surface area contributed by atoms with E-state index in [-0.39, 0.29) is 0 Å². The topological polar surface area (TPSA) is 68.0 Å². The molecule has 0 saturated carbocycles. The van der Waals surface area contributed by atoms with Crippen LogP contribution in [0, 0.1) is 13.8 Å². The van der Waals surface area contributed by atoms with Crippen LogP contribution in [0.25, 0.3) is 21.3 Å². The molecule has 3 aromatic heterocycles. The van der Waals surface area contributed by atoms with Gasteiger partial charge in [0.05, 0.1) is 23.8 Å². The van der Waals surface area contributed by atoms with Crippen molar-refractivity contribution < 1.29 is 0 Å². The van der Waals surface area contributed by atoms with Gasteiger partial charge in [-0.2, -0.15) is 10.2 Å². The SMILES string of the molecule is Cc1nn(Cc2ccccc2)c(C)c1C=NNc1ncnc2scc(-c3ccccc3)c12. The van der Waals surface area contributed by atoms with Crippen LogP contribution in [-0.2, 0) is 6.54 Å². The van der Waals surface area contributed by atoms with Crippen LogP contribution in [0.15, 0.2) is 77.5 Å². The van der Waals surface area contributed by atoms with E-state index in [9.17, 15) is 0 Å². The Kier molecular flexibility index (Phi) is 5.47. The van der Waals surface area contributed by atoms with Crippen LogP contribution in [0.1, 0.15) is 22.5 Å². The van der Waals surface area contributed by atoms with Crippen LogP contribution < -0.4 is 5.43 Å². The summed E-state index contributed by atoms with van der Waals surface area (Å²) in [6.45, 7) is 4.81. The lowest BCUT2D eigenvalue weighted by Crippen LogP contribution is -2.04. The van der Waals surface area contributed by atoms with Crippen molar-refractivity contribution in [1.82, 2.24) is 19.7 Å². The molecule has 158 valence electrons. The van der Waals surface area contributed by atoms with Crippen molar-refractivity contribution in [2.45, 2.75) is 20.4 Å². The zero-order valence-corrected chi connectivity index (χ0v) is 18.7. The summed E-state index contributed by atoms with van der Waals surface area (Å²) < 4.78 is 2.02. The van der Waals surface area contributed by atoms with Gasteiger partial charge in [-0.05, 0) is 25.0 Å². The van der Waals surface area contributed by atoms with E-state index in [2.05, 4.69) is 57.1 Å². The van der Waals surface area contributed by atoms with Gasteiger partial charge in [-0.25, -0.2) is 9.97 Å². The van der Waals surface area contributed by atoms with Gasteiger partial charge in [-0.15, -0.1) is 11.3 Å². The number of aromatic nitrogens is 4. The smallest absolute Gasteiger partial charge is 0.159 e. The fourth-order valence-corrected chi connectivity index (χ4v) is 4.67. The second kappa shape index (κ2) is 8.72. The Morgan fingerprint density at radius 1 is 1.00 bits per heavy atom. The van der Waals surface area contributed by atoms with E-state index in [0.717, 1.165) is 44.8 Å². The summed E-state index contributed by atoms with van der Waals surface area (Å²) in [6.07, 6.45) is 3.39. The zero-order chi connectivity index (χ0) is 21.9. The summed E-state index contributed by atoms with van der Waals surface area (Å²) in [5.41, 5.74) is 9.61. The Bertz CT molecular complexity index is 1390. The molecule has 0 fully saturated rings. The predicted molar refractivity (Wildman–Crippen MR) is 131 cm³/mol. The minimum Gasteiger partial charge on any atom is -0.265 e. The Hall–Kier alpha value is -3.84. The van der Waals surface area contributed by atoms with E-state index in [1.807, 2.05) is 54.2 Å². The number of fused-ring (bicyclic) bond motifs is 1. The van der Waals surface area contributed by atoms with E-state index in [1.165, 1.54) is 5.56 Å². The average molecular weight is 439 g/mol. The normalized spacial score (nSPS) is 11.4. The van der Waals surface area contributed by atoms with Crippen LogP contribution in [0.5, 0.6) is 0 Å². The van der Waals surface area contributed by atoms with Gasteiger partial charge in [-0.1, -0.05) is 60.7 Å². The molecular formula is C25H22N6S. The molecule has 0 amide bonds. The Morgan fingerprint density at radius 3 is 2.53 bits per heavy atom. The number of nitrogens with zero attached hydrogens (tertiary/aromatic N) is 5. The molecule has 32 heavy (non-hydrogen) atoms. The first kappa shape index (κ1) is 20.1. The molecule has 0 spiro atoms. The fraction of sp³-hybridized carbons (Fsp3) is 0.120. The zero-order valence-electron chi connectivity index (χ0n) is 17.9. The molecule has 0 aliphatic heterocycles. The summed E-state index contributed by atoms with van der Waals surface area (Å²) >= 11 is 1.61. The van der Waals surface area contributed by atoms with Crippen LogP contribution >= 0.6 is 11.3 Å². The largest absolute Gasteiger partial charge is 0.265 e. The van der Waals surface area contributed by atoms with Gasteiger partial charge in [-0.3, -0.25) is 10.1 Å². The number of anilines is 1. The fourth-order valence-electron chi connectivity index (χ4n) is 3.76. The number of hydrazone groups is 1. The third-order valence-corrected chi connectivity index (χ3v) is 6.32. The summed E-state index contributed by atoms with van der Waals surface area (Å²) in [7, 11) is 0. The van der Waals surface area contributed by atoms with Crippen LogP contribution in [-0.4, -0.2) is 26.0 Å². The summed E-state index contributed by atoms with van der Waals surface area (Å²) in [4.78, 5) is 9.81. The number of thiophene rings is 1. The van der Waals surface area contributed by atoms with Crippen molar-refractivity contribution in [2.75, 3.05) is 5.43 Å². The standard InChI is InChI=1S/C25H22N6S/c1-17-21(18(2)31(30-17)14-19-9-5-3-6-10-19)13-28-29-24-23-22(20-11-7-4-8-12-20)15-32-25(23)27-16-26-24/h3-13,15-16H,14H2,1-2H3,(H,26,27,29). The first-order chi connectivity index (χ1) is 15.7. The third kappa shape index (κ3) is 3.90. The Morgan fingerprint density at radius 2 is 1.75 bits per heavy atom. The minimum atomic E-state index is 0.693. The molecule has 0 bridgehead atoms. The maximum atomic E-state index is 4.70. The van der Waals surface area contributed by atoms with Crippen molar-refractivity contribution in [3.8, 4) is 11.1 Å². The summed E-state index contributed by atoms with van der Waals surface area (Å²) in [6, 6.07) is 20.6. The predicted octanol–water partition coefficient (Wildman–Crippen LogP) is 5.67. The highest BCUT2D eigenvalue weighted by molar-refractivity contribution is 7.17. The highest BCUT2D eigenvalue weighted by Crippen LogP contribution is 2.36. The van der Waals surface area contributed by atoms with Gasteiger partial charge in [0.25, 0.3) is 0 Å². The molecule has 0 atom stereocenters. The van der Waals surface area contributed by atoms with Crippen molar-refractivity contribution in [2.24, 2.45) is 5.10 Å². The number of hydrogen-bond acceptors (Lipinski definition) is 6. The Labute approximate surface area is 190 Å². The number of aryl methyl sites for hydroxylation is 1. The van der Waals surface area contributed by atoms with Crippen molar-refractivity contribution in [3.63, 3.8) is 0 Å². The first-order valence-corrected chi connectivity index (χ1v) is 11.2. The van der Waals surface area contributed by atoms with Gasteiger partial charge >= 0.3 is 0 Å². The molecule has 0 radical (unpaired) electrons. The van der Waals surface area contributed by atoms with Gasteiger partial charge in [0.15, 0.2) is 5.82 Å². The molecule has 3 heterocycles. The maximum absolute atomic E-state index is 4.70. The molecule has 2 aromatic carbocycles. The molecule has 0 unspecified atom stereocenters. The number of rotatable bonds is 6. The quantitative estimate of drug-likeness (QED) is 0.274. The minimum absolute atomic E-state index is 0.693. The number of nitrogens with one attached hydrogen (secondary N) is 1. The lowest BCUT2D eigenvalue weighted by Gasteiger charge is -2.05. The monoisotopic (exact) mass is 438 g/mol. The molecule has 0 saturated heterocycles. The van der Waals surface area contributed by atoms with Crippen LogP contribution in [0.2, 0.25) is 0 Å². The van der Waals surface area contributed by atoms with E-state index in [1.54, 1.807) is 17.7 Å².